The van der Waals surface area contributed by atoms with E-state index in [9.17, 15) is 4.79 Å². The van der Waals surface area contributed by atoms with E-state index >= 15 is 0 Å². The lowest BCUT2D eigenvalue weighted by molar-refractivity contribution is -0.120. The van der Waals surface area contributed by atoms with Crippen LogP contribution in [-0.4, -0.2) is 50.1 Å². The maximum Gasteiger partial charge on any atom is 0.233 e. The molecule has 0 aromatic heterocycles. The number of nitrogens with zero attached hydrogens (tertiary/aromatic N) is 1. The van der Waals surface area contributed by atoms with Crippen LogP contribution in [0.4, 0.5) is 0 Å². The average Bonchev–Trinajstić information content (AvgIpc) is 2.17. The van der Waals surface area contributed by atoms with E-state index in [1.807, 2.05) is 14.1 Å². The third-order valence-electron chi connectivity index (χ3n) is 2.91. The van der Waals surface area contributed by atoms with Crippen molar-refractivity contribution in [3.05, 3.63) is 0 Å². The highest BCUT2D eigenvalue weighted by atomic mass is 16.1. The average molecular weight is 229 g/mol. The summed E-state index contributed by atoms with van der Waals surface area (Å²) in [5.41, 5.74) is 0.0731. The molecule has 4 heteroatoms. The number of nitrogens with one attached hydrogen (secondary N) is 2. The van der Waals surface area contributed by atoms with E-state index in [2.05, 4.69) is 36.3 Å². The van der Waals surface area contributed by atoms with Gasteiger partial charge in [0.25, 0.3) is 0 Å². The van der Waals surface area contributed by atoms with Crippen LogP contribution >= 0.6 is 0 Å². The first-order valence-corrected chi connectivity index (χ1v) is 6.05. The summed E-state index contributed by atoms with van der Waals surface area (Å²) >= 11 is 0. The van der Waals surface area contributed by atoms with Crippen molar-refractivity contribution in [1.82, 2.24) is 15.5 Å². The highest BCUT2D eigenvalue weighted by Crippen LogP contribution is 2.07. The summed E-state index contributed by atoms with van der Waals surface area (Å²) in [5, 5.41) is 6.06. The van der Waals surface area contributed by atoms with Gasteiger partial charge in [0.15, 0.2) is 0 Å². The SMILES string of the molecule is CCCCNC(=O)CNCC(C)(C)N(C)C. The Morgan fingerprint density at radius 2 is 1.94 bits per heavy atom. The summed E-state index contributed by atoms with van der Waals surface area (Å²) in [7, 11) is 4.09. The molecule has 0 heterocycles. The Labute approximate surface area is 99.8 Å². The first kappa shape index (κ1) is 15.4. The molecular weight excluding hydrogens is 202 g/mol. The normalized spacial score (nSPS) is 11.9. The largest absolute Gasteiger partial charge is 0.355 e. The molecule has 0 atom stereocenters. The summed E-state index contributed by atoms with van der Waals surface area (Å²) in [4.78, 5) is 13.5. The number of hydrogen-bond acceptors (Lipinski definition) is 3. The summed E-state index contributed by atoms with van der Waals surface area (Å²) in [6.45, 7) is 8.41. The van der Waals surface area contributed by atoms with Gasteiger partial charge in [-0.1, -0.05) is 13.3 Å². The molecule has 0 aliphatic rings. The molecule has 1 amide bonds. The summed E-state index contributed by atoms with van der Waals surface area (Å²) in [6, 6.07) is 0. The molecule has 0 radical (unpaired) electrons. The predicted molar refractivity (Wildman–Crippen MR) is 68.6 cm³/mol. The van der Waals surface area contributed by atoms with Crippen LogP contribution in [-0.2, 0) is 4.79 Å². The first-order chi connectivity index (χ1) is 7.40. The second-order valence-corrected chi connectivity index (χ2v) is 5.01. The number of unbranched alkanes of at least 4 members (excludes halogenated alkanes) is 1. The number of amides is 1. The van der Waals surface area contributed by atoms with E-state index in [4.69, 9.17) is 0 Å². The summed E-state index contributed by atoms with van der Waals surface area (Å²) in [5.74, 6) is 0.0861. The van der Waals surface area contributed by atoms with Crippen molar-refractivity contribution in [2.45, 2.75) is 39.2 Å². The van der Waals surface area contributed by atoms with Crippen molar-refractivity contribution in [3.8, 4) is 0 Å². The van der Waals surface area contributed by atoms with E-state index in [1.54, 1.807) is 0 Å². The number of likely N-dealkylation sites (N-methyl/N-ethyl adjacent to an activating group) is 1. The fraction of sp³-hybridized carbons (Fsp3) is 0.917. The van der Waals surface area contributed by atoms with Crippen LogP contribution in [0.3, 0.4) is 0 Å². The van der Waals surface area contributed by atoms with Gasteiger partial charge in [0.05, 0.1) is 6.54 Å². The van der Waals surface area contributed by atoms with Gasteiger partial charge < -0.3 is 15.5 Å². The third kappa shape index (κ3) is 6.80. The summed E-state index contributed by atoms with van der Waals surface area (Å²) in [6.07, 6.45) is 2.16. The fourth-order valence-corrected chi connectivity index (χ4v) is 1.11. The molecular formula is C12H27N3O. The molecule has 0 spiro atoms. The maximum absolute atomic E-state index is 11.4. The Morgan fingerprint density at radius 1 is 1.31 bits per heavy atom. The Bertz CT molecular complexity index is 202. The van der Waals surface area contributed by atoms with Crippen molar-refractivity contribution >= 4 is 5.91 Å². The predicted octanol–water partition coefficient (Wildman–Crippen LogP) is 0.833. The van der Waals surface area contributed by atoms with Gasteiger partial charge in [-0.2, -0.15) is 0 Å². The van der Waals surface area contributed by atoms with Gasteiger partial charge in [-0.15, -0.1) is 0 Å². The highest BCUT2D eigenvalue weighted by Gasteiger charge is 2.19. The zero-order valence-corrected chi connectivity index (χ0v) is 11.4. The molecule has 0 saturated heterocycles. The number of hydrogen-bond donors (Lipinski definition) is 2. The van der Waals surface area contributed by atoms with E-state index in [0.717, 1.165) is 25.9 Å². The van der Waals surface area contributed by atoms with Crippen LogP contribution in [0.25, 0.3) is 0 Å². The zero-order chi connectivity index (χ0) is 12.6. The van der Waals surface area contributed by atoms with Crippen molar-refractivity contribution in [1.29, 1.82) is 0 Å². The molecule has 16 heavy (non-hydrogen) atoms. The van der Waals surface area contributed by atoms with Crippen molar-refractivity contribution in [3.63, 3.8) is 0 Å². The quantitative estimate of drug-likeness (QED) is 0.606. The van der Waals surface area contributed by atoms with Crippen LogP contribution in [0, 0.1) is 0 Å². The maximum atomic E-state index is 11.4. The molecule has 96 valence electrons. The lowest BCUT2D eigenvalue weighted by Gasteiger charge is -2.32. The van der Waals surface area contributed by atoms with Crippen LogP contribution < -0.4 is 10.6 Å². The van der Waals surface area contributed by atoms with E-state index in [-0.39, 0.29) is 11.4 Å². The molecule has 2 N–H and O–H groups in total. The Morgan fingerprint density at radius 3 is 2.44 bits per heavy atom. The smallest absolute Gasteiger partial charge is 0.233 e. The zero-order valence-electron chi connectivity index (χ0n) is 11.4. The van der Waals surface area contributed by atoms with E-state index in [1.165, 1.54) is 0 Å². The van der Waals surface area contributed by atoms with Crippen LogP contribution in [0.15, 0.2) is 0 Å². The van der Waals surface area contributed by atoms with E-state index in [0.29, 0.717) is 6.54 Å². The van der Waals surface area contributed by atoms with Crippen molar-refractivity contribution < 1.29 is 4.79 Å². The second kappa shape index (κ2) is 7.63. The Hall–Kier alpha value is -0.610. The molecule has 0 aromatic carbocycles. The van der Waals surface area contributed by atoms with Gasteiger partial charge >= 0.3 is 0 Å². The topological polar surface area (TPSA) is 44.4 Å². The van der Waals surface area contributed by atoms with E-state index < -0.39 is 0 Å². The van der Waals surface area contributed by atoms with Gasteiger partial charge in [0.2, 0.25) is 5.91 Å². The molecule has 0 unspecified atom stereocenters. The highest BCUT2D eigenvalue weighted by molar-refractivity contribution is 5.77. The van der Waals surface area contributed by atoms with Gasteiger partial charge in [0, 0.05) is 18.6 Å². The lowest BCUT2D eigenvalue weighted by Crippen LogP contribution is -2.48. The van der Waals surface area contributed by atoms with Crippen molar-refractivity contribution in [2.24, 2.45) is 0 Å². The van der Waals surface area contributed by atoms with Crippen molar-refractivity contribution in [2.75, 3.05) is 33.7 Å². The minimum absolute atomic E-state index is 0.0731. The minimum atomic E-state index is 0.0731. The minimum Gasteiger partial charge on any atom is -0.355 e. The molecule has 4 nitrogen and oxygen atoms in total. The summed E-state index contributed by atoms with van der Waals surface area (Å²) < 4.78 is 0. The first-order valence-electron chi connectivity index (χ1n) is 6.05. The van der Waals surface area contributed by atoms with Crippen LogP contribution in [0.2, 0.25) is 0 Å². The Kier molecular flexibility index (Phi) is 7.34. The Balaban J connectivity index is 3.61. The molecule has 0 aliphatic carbocycles. The molecule has 0 fully saturated rings. The fourth-order valence-electron chi connectivity index (χ4n) is 1.11. The second-order valence-electron chi connectivity index (χ2n) is 5.01. The van der Waals surface area contributed by atoms with Gasteiger partial charge in [-0.05, 0) is 34.4 Å². The van der Waals surface area contributed by atoms with Gasteiger partial charge in [0.1, 0.15) is 0 Å². The monoisotopic (exact) mass is 229 g/mol. The molecule has 0 aromatic rings. The number of rotatable bonds is 8. The van der Waals surface area contributed by atoms with Crippen LogP contribution in [0.5, 0.6) is 0 Å². The molecule has 0 saturated carbocycles. The van der Waals surface area contributed by atoms with Gasteiger partial charge in [-0.3, -0.25) is 4.79 Å². The lowest BCUT2D eigenvalue weighted by atomic mass is 10.0. The molecule has 0 aliphatic heterocycles. The molecule has 0 bridgehead atoms. The number of carbonyl (C=O) groups is 1. The third-order valence-corrected chi connectivity index (χ3v) is 2.91. The number of carbonyl (C=O) groups excluding carboxylic acids is 1. The van der Waals surface area contributed by atoms with Gasteiger partial charge in [-0.25, -0.2) is 0 Å². The van der Waals surface area contributed by atoms with Crippen LogP contribution in [0.1, 0.15) is 33.6 Å². The standard InChI is InChI=1S/C12H27N3O/c1-6-7-8-14-11(16)9-13-10-12(2,3)15(4)5/h13H,6-10H2,1-5H3,(H,14,16). The molecule has 0 rings (SSSR count).